The molecule has 0 radical (unpaired) electrons. The van der Waals surface area contributed by atoms with E-state index in [-0.39, 0.29) is 0 Å². The molecule has 0 unspecified atom stereocenters. The molecule has 0 aliphatic rings. The first-order valence-corrected chi connectivity index (χ1v) is 10.4. The second-order valence-corrected chi connectivity index (χ2v) is 7.43. The van der Waals surface area contributed by atoms with Crippen molar-refractivity contribution in [3.8, 4) is 11.1 Å². The van der Waals surface area contributed by atoms with Crippen LogP contribution in [0.15, 0.2) is 94.1 Å². The number of hydrogen-bond acceptors (Lipinski definition) is 5. The van der Waals surface area contributed by atoms with Crippen molar-refractivity contribution in [1.29, 1.82) is 0 Å². The van der Waals surface area contributed by atoms with E-state index >= 15 is 0 Å². The van der Waals surface area contributed by atoms with Crippen LogP contribution < -0.4 is 16.3 Å². The molecule has 0 fully saturated rings. The number of para-hydroxylation sites is 1. The predicted molar refractivity (Wildman–Crippen MR) is 126 cm³/mol. The largest absolute Gasteiger partial charge is 0.467 e. The van der Waals surface area contributed by atoms with Gasteiger partial charge in [-0.3, -0.25) is 0 Å². The monoisotopic (exact) mass is 442 g/mol. The van der Waals surface area contributed by atoms with Crippen LogP contribution in [-0.2, 0) is 16.0 Å². The smallest absolute Gasteiger partial charge is 0.344 e. The third-order valence-electron chi connectivity index (χ3n) is 5.17. The summed E-state index contributed by atoms with van der Waals surface area (Å²) < 4.78 is 10.2. The van der Waals surface area contributed by atoms with Crippen LogP contribution in [0.1, 0.15) is 5.56 Å². The van der Waals surface area contributed by atoms with Crippen molar-refractivity contribution in [2.75, 3.05) is 12.4 Å². The number of ether oxygens (including phenoxy) is 1. The van der Waals surface area contributed by atoms with Crippen LogP contribution >= 0.6 is 0 Å². The van der Waals surface area contributed by atoms with Gasteiger partial charge in [0.25, 0.3) is 0 Å². The molecule has 4 rings (SSSR count). The minimum absolute atomic E-state index is 0.303. The molecule has 2 N–H and O–H groups in total. The van der Waals surface area contributed by atoms with Gasteiger partial charge in [0.1, 0.15) is 11.6 Å². The van der Waals surface area contributed by atoms with E-state index in [0.29, 0.717) is 28.8 Å². The fourth-order valence-electron chi connectivity index (χ4n) is 3.51. The molecule has 7 heteroatoms. The zero-order valence-corrected chi connectivity index (χ0v) is 17.9. The maximum absolute atomic E-state index is 12.5. The van der Waals surface area contributed by atoms with Crippen LogP contribution in [0.3, 0.4) is 0 Å². The van der Waals surface area contributed by atoms with Gasteiger partial charge in [-0.15, -0.1) is 0 Å². The van der Waals surface area contributed by atoms with E-state index in [1.54, 1.807) is 42.5 Å². The van der Waals surface area contributed by atoms with Crippen LogP contribution in [0.25, 0.3) is 22.1 Å². The molecule has 1 atom stereocenters. The summed E-state index contributed by atoms with van der Waals surface area (Å²) in [5, 5.41) is 6.17. The van der Waals surface area contributed by atoms with E-state index in [0.717, 1.165) is 10.9 Å². The summed E-state index contributed by atoms with van der Waals surface area (Å²) in [5.41, 5.74) is 2.58. The fraction of sp³-hybridized carbons (Fsp3) is 0.115. The molecule has 3 aromatic carbocycles. The van der Waals surface area contributed by atoms with Crippen LogP contribution in [0.5, 0.6) is 0 Å². The maximum atomic E-state index is 12.5. The molecule has 4 aromatic rings. The lowest BCUT2D eigenvalue weighted by atomic mass is 10.1. The topological polar surface area (TPSA) is 97.6 Å². The van der Waals surface area contributed by atoms with E-state index < -0.39 is 23.7 Å². The highest BCUT2D eigenvalue weighted by Crippen LogP contribution is 2.22. The first kappa shape index (κ1) is 21.8. The Morgan fingerprint density at radius 1 is 0.939 bits per heavy atom. The maximum Gasteiger partial charge on any atom is 0.344 e. The molecule has 0 saturated heterocycles. The summed E-state index contributed by atoms with van der Waals surface area (Å²) in [5.74, 6) is -0.535. The van der Waals surface area contributed by atoms with Crippen molar-refractivity contribution < 1.29 is 18.7 Å². The summed E-state index contributed by atoms with van der Waals surface area (Å²) in [7, 11) is 1.28. The van der Waals surface area contributed by atoms with Gasteiger partial charge in [0.15, 0.2) is 0 Å². The fourth-order valence-corrected chi connectivity index (χ4v) is 3.51. The first-order chi connectivity index (χ1) is 16.0. The number of carbonyl (C=O) groups is 2. The standard InChI is InChI=1S/C26H22N2O5/c1-32-25(30)22(15-17-7-3-2-4-8-17)28-26(31)27-20-13-11-18(12-14-20)21-16-19-9-5-6-10-23(19)33-24(21)29/h2-14,16,22H,15H2,1H3,(H2,27,28,31)/t22-/m0/s1. The highest BCUT2D eigenvalue weighted by Gasteiger charge is 2.22. The van der Waals surface area contributed by atoms with Crippen molar-refractivity contribution in [2.45, 2.75) is 12.5 Å². The van der Waals surface area contributed by atoms with E-state index in [1.807, 2.05) is 42.5 Å². The van der Waals surface area contributed by atoms with Gasteiger partial charge >= 0.3 is 17.6 Å². The van der Waals surface area contributed by atoms with Crippen LogP contribution in [0.4, 0.5) is 10.5 Å². The molecular weight excluding hydrogens is 420 g/mol. The molecule has 0 bridgehead atoms. The summed E-state index contributed by atoms with van der Waals surface area (Å²) in [4.78, 5) is 37.0. The summed E-state index contributed by atoms with van der Waals surface area (Å²) in [6.45, 7) is 0. The number of fused-ring (bicyclic) bond motifs is 1. The lowest BCUT2D eigenvalue weighted by Crippen LogP contribution is -2.45. The molecule has 0 aliphatic carbocycles. The van der Waals surface area contributed by atoms with Crippen LogP contribution in [0, 0.1) is 0 Å². The third kappa shape index (κ3) is 5.27. The Hall–Kier alpha value is -4.39. The van der Waals surface area contributed by atoms with E-state index in [1.165, 1.54) is 7.11 Å². The van der Waals surface area contributed by atoms with E-state index in [9.17, 15) is 14.4 Å². The number of nitrogens with one attached hydrogen (secondary N) is 2. The Balaban J connectivity index is 1.46. The highest BCUT2D eigenvalue weighted by atomic mass is 16.5. The Morgan fingerprint density at radius 3 is 2.36 bits per heavy atom. The normalized spacial score (nSPS) is 11.5. The Morgan fingerprint density at radius 2 is 1.64 bits per heavy atom. The van der Waals surface area contributed by atoms with Gasteiger partial charge < -0.3 is 19.8 Å². The van der Waals surface area contributed by atoms with Gasteiger partial charge in [-0.05, 0) is 35.4 Å². The quantitative estimate of drug-likeness (QED) is 0.341. The average Bonchev–Trinajstić information content (AvgIpc) is 2.84. The molecule has 0 saturated carbocycles. The van der Waals surface area contributed by atoms with Crippen molar-refractivity contribution in [3.63, 3.8) is 0 Å². The number of benzene rings is 3. The number of rotatable bonds is 6. The Bertz CT molecular complexity index is 1330. The molecule has 7 nitrogen and oxygen atoms in total. The number of hydrogen-bond donors (Lipinski definition) is 2. The number of esters is 1. The van der Waals surface area contributed by atoms with Gasteiger partial charge in [-0.1, -0.05) is 60.7 Å². The number of amides is 2. The summed E-state index contributed by atoms with van der Waals surface area (Å²) in [6.07, 6.45) is 0.303. The minimum Gasteiger partial charge on any atom is -0.467 e. The predicted octanol–water partition coefficient (Wildman–Crippen LogP) is 4.37. The van der Waals surface area contributed by atoms with E-state index in [2.05, 4.69) is 10.6 Å². The molecule has 1 aromatic heterocycles. The van der Waals surface area contributed by atoms with Crippen LogP contribution in [-0.4, -0.2) is 25.2 Å². The average molecular weight is 442 g/mol. The minimum atomic E-state index is -0.834. The number of carbonyl (C=O) groups excluding carboxylic acids is 2. The van der Waals surface area contributed by atoms with Gasteiger partial charge in [-0.25, -0.2) is 14.4 Å². The van der Waals surface area contributed by atoms with Gasteiger partial charge in [0, 0.05) is 17.5 Å². The number of methoxy groups -OCH3 is 1. The first-order valence-electron chi connectivity index (χ1n) is 10.4. The SMILES string of the molecule is COC(=O)[C@H](Cc1ccccc1)NC(=O)Nc1ccc(-c2cc3ccccc3oc2=O)cc1. The van der Waals surface area contributed by atoms with Crippen molar-refractivity contribution in [1.82, 2.24) is 5.32 Å². The Labute approximate surface area is 190 Å². The lowest BCUT2D eigenvalue weighted by molar-refractivity contribution is -0.142. The zero-order valence-electron chi connectivity index (χ0n) is 17.9. The molecule has 1 heterocycles. The summed E-state index contributed by atoms with van der Waals surface area (Å²) >= 11 is 0. The molecule has 0 spiro atoms. The molecule has 0 aliphatic heterocycles. The number of urea groups is 1. The van der Waals surface area contributed by atoms with E-state index in [4.69, 9.17) is 9.15 Å². The molecule has 2 amide bonds. The Kier molecular flexibility index (Phi) is 6.50. The third-order valence-corrected chi connectivity index (χ3v) is 5.17. The van der Waals surface area contributed by atoms with Crippen molar-refractivity contribution in [3.05, 3.63) is 101 Å². The van der Waals surface area contributed by atoms with Gasteiger partial charge in [-0.2, -0.15) is 0 Å². The van der Waals surface area contributed by atoms with Crippen LogP contribution in [0.2, 0.25) is 0 Å². The van der Waals surface area contributed by atoms with Gasteiger partial charge in [0.2, 0.25) is 0 Å². The second kappa shape index (κ2) is 9.82. The van der Waals surface area contributed by atoms with Crippen molar-refractivity contribution in [2.24, 2.45) is 0 Å². The number of anilines is 1. The van der Waals surface area contributed by atoms with Crippen molar-refractivity contribution >= 4 is 28.7 Å². The zero-order chi connectivity index (χ0) is 23.2. The van der Waals surface area contributed by atoms with Gasteiger partial charge in [0.05, 0.1) is 12.7 Å². The highest BCUT2D eigenvalue weighted by molar-refractivity contribution is 5.93. The molecular formula is C26H22N2O5. The lowest BCUT2D eigenvalue weighted by Gasteiger charge is -2.17. The second-order valence-electron chi connectivity index (χ2n) is 7.43. The molecule has 33 heavy (non-hydrogen) atoms. The molecule has 166 valence electrons. The summed E-state index contributed by atoms with van der Waals surface area (Å²) in [6, 6.07) is 23.8.